The summed E-state index contributed by atoms with van der Waals surface area (Å²) in [5, 5.41) is 3.58. The van der Waals surface area contributed by atoms with Gasteiger partial charge in [0.1, 0.15) is 5.75 Å². The molecular weight excluding hydrogens is 334 g/mol. The van der Waals surface area contributed by atoms with Crippen LogP contribution in [0.3, 0.4) is 0 Å². The summed E-state index contributed by atoms with van der Waals surface area (Å²) in [5.41, 5.74) is 2.71. The lowest BCUT2D eigenvalue weighted by Crippen LogP contribution is -2.23. The molecule has 0 aliphatic rings. The third-order valence-corrected chi connectivity index (χ3v) is 4.92. The van der Waals surface area contributed by atoms with Crippen LogP contribution in [0.1, 0.15) is 29.0 Å². The van der Waals surface area contributed by atoms with Crippen LogP contribution in [0, 0.1) is 6.92 Å². The third kappa shape index (κ3) is 3.84. The van der Waals surface area contributed by atoms with Gasteiger partial charge < -0.3 is 10.1 Å². The number of thiophene rings is 1. The maximum atomic E-state index is 5.21. The number of ether oxygens (including phenoxy) is 1. The van der Waals surface area contributed by atoms with E-state index in [-0.39, 0.29) is 0 Å². The standard InChI is InChI=1S/C16H20BrNOS/c1-4-18-15(14-10-16(17)20-11(14)2)9-12-5-7-13(19-3)8-6-12/h5-8,10,15,18H,4,9H2,1-3H3. The van der Waals surface area contributed by atoms with Gasteiger partial charge in [-0.25, -0.2) is 0 Å². The molecule has 0 saturated heterocycles. The molecule has 1 unspecified atom stereocenters. The predicted molar refractivity (Wildman–Crippen MR) is 89.9 cm³/mol. The van der Waals surface area contributed by atoms with Gasteiger partial charge in [0.15, 0.2) is 0 Å². The number of methoxy groups -OCH3 is 1. The molecule has 1 aromatic heterocycles. The second-order valence-electron chi connectivity index (χ2n) is 4.72. The molecule has 0 amide bonds. The Kier molecular flexibility index (Phi) is 5.64. The van der Waals surface area contributed by atoms with E-state index in [4.69, 9.17) is 4.74 Å². The van der Waals surface area contributed by atoms with Crippen molar-refractivity contribution in [3.8, 4) is 5.75 Å². The fraction of sp³-hybridized carbons (Fsp3) is 0.375. The van der Waals surface area contributed by atoms with Gasteiger partial charge in [-0.15, -0.1) is 11.3 Å². The number of benzene rings is 1. The Hall–Kier alpha value is -0.840. The Balaban J connectivity index is 2.18. The van der Waals surface area contributed by atoms with Crippen LogP contribution in [0.25, 0.3) is 0 Å². The lowest BCUT2D eigenvalue weighted by molar-refractivity contribution is 0.414. The summed E-state index contributed by atoms with van der Waals surface area (Å²) in [6.07, 6.45) is 0.988. The minimum absolute atomic E-state index is 0.357. The lowest BCUT2D eigenvalue weighted by Gasteiger charge is -2.18. The number of nitrogens with one attached hydrogen (secondary N) is 1. The molecule has 20 heavy (non-hydrogen) atoms. The summed E-state index contributed by atoms with van der Waals surface area (Å²) in [6.45, 7) is 5.30. The van der Waals surface area contributed by atoms with Gasteiger partial charge in [0.25, 0.3) is 0 Å². The Morgan fingerprint density at radius 3 is 2.50 bits per heavy atom. The van der Waals surface area contributed by atoms with Crippen LogP contribution in [-0.4, -0.2) is 13.7 Å². The van der Waals surface area contributed by atoms with Crippen LogP contribution in [0.2, 0.25) is 0 Å². The smallest absolute Gasteiger partial charge is 0.118 e. The molecule has 0 radical (unpaired) electrons. The Morgan fingerprint density at radius 2 is 2.00 bits per heavy atom. The molecule has 0 fully saturated rings. The van der Waals surface area contributed by atoms with Crippen molar-refractivity contribution in [2.24, 2.45) is 0 Å². The van der Waals surface area contributed by atoms with Crippen LogP contribution in [0.15, 0.2) is 34.1 Å². The van der Waals surface area contributed by atoms with E-state index in [1.807, 2.05) is 12.1 Å². The first-order valence-electron chi connectivity index (χ1n) is 6.76. The highest BCUT2D eigenvalue weighted by Crippen LogP contribution is 2.32. The van der Waals surface area contributed by atoms with E-state index in [0.29, 0.717) is 6.04 Å². The monoisotopic (exact) mass is 353 g/mol. The van der Waals surface area contributed by atoms with E-state index in [1.54, 1.807) is 18.4 Å². The van der Waals surface area contributed by atoms with Gasteiger partial charge in [-0.1, -0.05) is 19.1 Å². The van der Waals surface area contributed by atoms with Crippen LogP contribution in [-0.2, 0) is 6.42 Å². The maximum Gasteiger partial charge on any atom is 0.118 e. The van der Waals surface area contributed by atoms with Gasteiger partial charge >= 0.3 is 0 Å². The van der Waals surface area contributed by atoms with E-state index in [2.05, 4.69) is 53.3 Å². The Morgan fingerprint density at radius 1 is 1.30 bits per heavy atom. The Labute approximate surface area is 133 Å². The van der Waals surface area contributed by atoms with E-state index in [0.717, 1.165) is 18.7 Å². The first-order chi connectivity index (χ1) is 9.63. The number of likely N-dealkylation sites (N-methyl/N-ethyl adjacent to an activating group) is 1. The van der Waals surface area contributed by atoms with E-state index in [1.165, 1.54) is 19.8 Å². The number of hydrogen-bond acceptors (Lipinski definition) is 3. The topological polar surface area (TPSA) is 21.3 Å². The third-order valence-electron chi connectivity index (χ3n) is 3.35. The van der Waals surface area contributed by atoms with E-state index < -0.39 is 0 Å². The summed E-state index contributed by atoms with van der Waals surface area (Å²) in [4.78, 5) is 1.37. The molecule has 4 heteroatoms. The van der Waals surface area contributed by atoms with Gasteiger partial charge in [0.2, 0.25) is 0 Å². The van der Waals surface area contributed by atoms with Crippen molar-refractivity contribution in [1.29, 1.82) is 0 Å². The number of rotatable bonds is 6. The SMILES string of the molecule is CCNC(Cc1ccc(OC)cc1)c1cc(Br)sc1C. The van der Waals surface area contributed by atoms with Crippen molar-refractivity contribution < 1.29 is 4.74 Å². The van der Waals surface area contributed by atoms with Crippen LogP contribution in [0.5, 0.6) is 5.75 Å². The fourth-order valence-corrected chi connectivity index (χ4v) is 4.11. The maximum absolute atomic E-state index is 5.21. The molecule has 0 aliphatic carbocycles. The molecule has 0 aliphatic heterocycles. The van der Waals surface area contributed by atoms with Gasteiger partial charge in [-0.3, -0.25) is 0 Å². The van der Waals surface area contributed by atoms with Gasteiger partial charge in [0.05, 0.1) is 10.9 Å². The molecule has 1 atom stereocenters. The molecule has 1 N–H and O–H groups in total. The second-order valence-corrected chi connectivity index (χ2v) is 7.36. The van der Waals surface area contributed by atoms with Gasteiger partial charge in [-0.05, 0) is 65.1 Å². The molecular formula is C16H20BrNOS. The predicted octanol–water partition coefficient (Wildman–Crippen LogP) is 4.72. The van der Waals surface area contributed by atoms with Crippen molar-refractivity contribution >= 4 is 27.3 Å². The van der Waals surface area contributed by atoms with Crippen LogP contribution < -0.4 is 10.1 Å². The summed E-state index contributed by atoms with van der Waals surface area (Å²) < 4.78 is 6.41. The quantitative estimate of drug-likeness (QED) is 0.810. The van der Waals surface area contributed by atoms with E-state index in [9.17, 15) is 0 Å². The van der Waals surface area contributed by atoms with E-state index >= 15 is 0 Å². The summed E-state index contributed by atoms with van der Waals surface area (Å²) in [5.74, 6) is 0.906. The molecule has 0 saturated carbocycles. The number of hydrogen-bond donors (Lipinski definition) is 1. The summed E-state index contributed by atoms with van der Waals surface area (Å²) in [7, 11) is 1.70. The first kappa shape index (κ1) is 15.5. The van der Waals surface area contributed by atoms with Gasteiger partial charge in [-0.2, -0.15) is 0 Å². The van der Waals surface area contributed by atoms with Crippen molar-refractivity contribution in [2.75, 3.05) is 13.7 Å². The highest BCUT2D eigenvalue weighted by atomic mass is 79.9. The first-order valence-corrected chi connectivity index (χ1v) is 8.37. The summed E-state index contributed by atoms with van der Waals surface area (Å²) >= 11 is 5.38. The number of aryl methyl sites for hydroxylation is 1. The molecule has 2 aromatic rings. The van der Waals surface area contributed by atoms with Crippen LogP contribution >= 0.6 is 27.3 Å². The zero-order chi connectivity index (χ0) is 14.5. The average Bonchev–Trinajstić information content (AvgIpc) is 2.78. The fourth-order valence-electron chi connectivity index (χ4n) is 2.34. The van der Waals surface area contributed by atoms with Crippen molar-refractivity contribution in [2.45, 2.75) is 26.3 Å². The molecule has 1 heterocycles. The highest BCUT2D eigenvalue weighted by molar-refractivity contribution is 9.11. The van der Waals surface area contributed by atoms with Crippen molar-refractivity contribution in [3.63, 3.8) is 0 Å². The zero-order valence-corrected chi connectivity index (χ0v) is 14.5. The normalized spacial score (nSPS) is 12.4. The van der Waals surface area contributed by atoms with Crippen molar-refractivity contribution in [1.82, 2.24) is 5.32 Å². The van der Waals surface area contributed by atoms with Gasteiger partial charge in [0, 0.05) is 10.9 Å². The minimum Gasteiger partial charge on any atom is -0.497 e. The lowest BCUT2D eigenvalue weighted by atomic mass is 9.99. The molecule has 2 rings (SSSR count). The molecule has 108 valence electrons. The molecule has 2 nitrogen and oxygen atoms in total. The molecule has 1 aromatic carbocycles. The highest BCUT2D eigenvalue weighted by Gasteiger charge is 2.16. The number of halogens is 1. The minimum atomic E-state index is 0.357. The zero-order valence-electron chi connectivity index (χ0n) is 12.1. The van der Waals surface area contributed by atoms with Crippen molar-refractivity contribution in [3.05, 3.63) is 50.1 Å². The molecule has 0 bridgehead atoms. The average molecular weight is 354 g/mol. The van der Waals surface area contributed by atoms with Crippen LogP contribution in [0.4, 0.5) is 0 Å². The second kappa shape index (κ2) is 7.25. The summed E-state index contributed by atoms with van der Waals surface area (Å²) in [6, 6.07) is 10.9. The Bertz CT molecular complexity index is 550. The molecule has 0 spiro atoms. The largest absolute Gasteiger partial charge is 0.497 e.